The highest BCUT2D eigenvalue weighted by atomic mass is 16.5. The van der Waals surface area contributed by atoms with Crippen LogP contribution in [0.2, 0.25) is 0 Å². The van der Waals surface area contributed by atoms with Crippen LogP contribution < -0.4 is 4.74 Å². The Balaban J connectivity index is 2.53. The Morgan fingerprint density at radius 1 is 1.37 bits per heavy atom. The minimum Gasteiger partial charge on any atom is -0.496 e. The number of benzene rings is 1. The standard InChI is InChI=1S/C15H25NO3/c1-4-13-9-12(5-6-15(13)19-3)7-8-16(2)10-14(18)11-17/h5-6,9,14,17-18H,4,7-8,10-11H2,1-3H3. The largest absolute Gasteiger partial charge is 0.496 e. The summed E-state index contributed by atoms with van der Waals surface area (Å²) in [6, 6.07) is 6.26. The molecule has 2 N–H and O–H groups in total. The molecule has 4 heteroatoms. The van der Waals surface area contributed by atoms with E-state index in [9.17, 15) is 5.11 Å². The van der Waals surface area contributed by atoms with Gasteiger partial charge in [0.2, 0.25) is 0 Å². The number of hydrogen-bond acceptors (Lipinski definition) is 4. The summed E-state index contributed by atoms with van der Waals surface area (Å²) < 4.78 is 5.31. The van der Waals surface area contributed by atoms with E-state index in [4.69, 9.17) is 9.84 Å². The van der Waals surface area contributed by atoms with Gasteiger partial charge in [0.1, 0.15) is 5.75 Å². The molecule has 0 aromatic heterocycles. The van der Waals surface area contributed by atoms with Crippen molar-refractivity contribution in [3.05, 3.63) is 29.3 Å². The Morgan fingerprint density at radius 2 is 2.11 bits per heavy atom. The van der Waals surface area contributed by atoms with E-state index >= 15 is 0 Å². The molecule has 0 saturated heterocycles. The van der Waals surface area contributed by atoms with Crippen molar-refractivity contribution in [3.63, 3.8) is 0 Å². The Morgan fingerprint density at radius 3 is 2.68 bits per heavy atom. The van der Waals surface area contributed by atoms with Crippen molar-refractivity contribution in [1.29, 1.82) is 0 Å². The summed E-state index contributed by atoms with van der Waals surface area (Å²) in [6.07, 6.45) is 1.22. The summed E-state index contributed by atoms with van der Waals surface area (Å²) >= 11 is 0. The molecule has 1 aromatic rings. The van der Waals surface area contributed by atoms with E-state index in [0.29, 0.717) is 6.54 Å². The lowest BCUT2D eigenvalue weighted by Crippen LogP contribution is -2.32. The second-order valence-electron chi connectivity index (χ2n) is 4.85. The molecule has 108 valence electrons. The maximum absolute atomic E-state index is 9.37. The van der Waals surface area contributed by atoms with Crippen molar-refractivity contribution in [2.75, 3.05) is 33.9 Å². The van der Waals surface area contributed by atoms with Crippen LogP contribution in [-0.4, -0.2) is 55.1 Å². The van der Waals surface area contributed by atoms with Crippen LogP contribution >= 0.6 is 0 Å². The molecule has 0 heterocycles. The molecule has 1 aromatic carbocycles. The van der Waals surface area contributed by atoms with Crippen molar-refractivity contribution >= 4 is 0 Å². The number of ether oxygens (including phenoxy) is 1. The molecule has 19 heavy (non-hydrogen) atoms. The fourth-order valence-corrected chi connectivity index (χ4v) is 2.09. The summed E-state index contributed by atoms with van der Waals surface area (Å²) in [4.78, 5) is 2.02. The topological polar surface area (TPSA) is 52.9 Å². The van der Waals surface area contributed by atoms with Gasteiger partial charge in [-0.15, -0.1) is 0 Å². The lowest BCUT2D eigenvalue weighted by molar-refractivity contribution is 0.0669. The minimum absolute atomic E-state index is 0.188. The van der Waals surface area contributed by atoms with E-state index in [1.54, 1.807) is 7.11 Å². The molecule has 1 unspecified atom stereocenters. The average molecular weight is 267 g/mol. The van der Waals surface area contributed by atoms with Crippen molar-refractivity contribution in [2.45, 2.75) is 25.9 Å². The number of aryl methyl sites for hydroxylation is 1. The van der Waals surface area contributed by atoms with Crippen LogP contribution in [0.3, 0.4) is 0 Å². The third-order valence-corrected chi connectivity index (χ3v) is 3.24. The van der Waals surface area contributed by atoms with Crippen LogP contribution in [0.1, 0.15) is 18.1 Å². The molecule has 0 bridgehead atoms. The van der Waals surface area contributed by atoms with E-state index in [1.807, 2.05) is 18.0 Å². The zero-order valence-corrected chi connectivity index (χ0v) is 12.1. The van der Waals surface area contributed by atoms with Crippen LogP contribution in [0, 0.1) is 0 Å². The molecule has 0 aliphatic rings. The SMILES string of the molecule is CCc1cc(CCN(C)CC(O)CO)ccc1OC. The predicted molar refractivity (Wildman–Crippen MR) is 76.7 cm³/mol. The highest BCUT2D eigenvalue weighted by Gasteiger charge is 2.08. The molecule has 0 aliphatic heterocycles. The van der Waals surface area contributed by atoms with Gasteiger partial charge >= 0.3 is 0 Å². The first-order valence-electron chi connectivity index (χ1n) is 6.74. The predicted octanol–water partition coefficient (Wildman–Crippen LogP) is 1.09. The maximum Gasteiger partial charge on any atom is 0.122 e. The first kappa shape index (κ1) is 16.0. The fourth-order valence-electron chi connectivity index (χ4n) is 2.09. The lowest BCUT2D eigenvalue weighted by Gasteiger charge is -2.19. The minimum atomic E-state index is -0.660. The fraction of sp³-hybridized carbons (Fsp3) is 0.600. The second-order valence-corrected chi connectivity index (χ2v) is 4.85. The highest BCUT2D eigenvalue weighted by molar-refractivity contribution is 5.37. The smallest absolute Gasteiger partial charge is 0.122 e. The molecular formula is C15H25NO3. The van der Waals surface area contributed by atoms with E-state index in [1.165, 1.54) is 11.1 Å². The molecule has 0 aliphatic carbocycles. The van der Waals surface area contributed by atoms with E-state index < -0.39 is 6.10 Å². The molecule has 0 amide bonds. The van der Waals surface area contributed by atoms with Gasteiger partial charge in [0.25, 0.3) is 0 Å². The summed E-state index contributed by atoms with van der Waals surface area (Å²) in [6.45, 7) is 3.28. The van der Waals surface area contributed by atoms with Crippen molar-refractivity contribution in [1.82, 2.24) is 4.90 Å². The number of methoxy groups -OCH3 is 1. The molecule has 0 saturated carbocycles. The lowest BCUT2D eigenvalue weighted by atomic mass is 10.0. The van der Waals surface area contributed by atoms with Gasteiger partial charge in [0.15, 0.2) is 0 Å². The van der Waals surface area contributed by atoms with Gasteiger partial charge < -0.3 is 19.8 Å². The van der Waals surface area contributed by atoms with Crippen LogP contribution in [0.4, 0.5) is 0 Å². The zero-order chi connectivity index (χ0) is 14.3. The van der Waals surface area contributed by atoms with Gasteiger partial charge in [-0.25, -0.2) is 0 Å². The van der Waals surface area contributed by atoms with Gasteiger partial charge in [-0.05, 0) is 37.1 Å². The van der Waals surface area contributed by atoms with Crippen molar-refractivity contribution in [2.24, 2.45) is 0 Å². The number of rotatable bonds is 8. The third-order valence-electron chi connectivity index (χ3n) is 3.24. The Kier molecular flexibility index (Phi) is 6.84. The maximum atomic E-state index is 9.37. The van der Waals surface area contributed by atoms with Crippen LogP contribution in [-0.2, 0) is 12.8 Å². The summed E-state index contributed by atoms with van der Waals surface area (Å²) in [7, 11) is 3.64. The molecule has 0 radical (unpaired) electrons. The summed E-state index contributed by atoms with van der Waals surface area (Å²) in [5.41, 5.74) is 2.49. The molecule has 0 spiro atoms. The zero-order valence-electron chi connectivity index (χ0n) is 12.1. The number of likely N-dealkylation sites (N-methyl/N-ethyl adjacent to an activating group) is 1. The monoisotopic (exact) mass is 267 g/mol. The third kappa shape index (κ3) is 5.19. The molecule has 0 fully saturated rings. The average Bonchev–Trinajstić information content (AvgIpc) is 2.44. The number of aliphatic hydroxyl groups is 2. The van der Waals surface area contributed by atoms with Gasteiger partial charge in [0, 0.05) is 13.1 Å². The Bertz CT molecular complexity index is 382. The van der Waals surface area contributed by atoms with Gasteiger partial charge in [-0.1, -0.05) is 19.1 Å². The Labute approximate surface area is 115 Å². The summed E-state index contributed by atoms with van der Waals surface area (Å²) in [5, 5.41) is 18.2. The number of nitrogens with zero attached hydrogens (tertiary/aromatic N) is 1. The van der Waals surface area contributed by atoms with E-state index in [0.717, 1.165) is 25.1 Å². The van der Waals surface area contributed by atoms with Crippen LogP contribution in [0.5, 0.6) is 5.75 Å². The first-order chi connectivity index (χ1) is 9.10. The van der Waals surface area contributed by atoms with E-state index in [-0.39, 0.29) is 6.61 Å². The molecule has 1 atom stereocenters. The van der Waals surface area contributed by atoms with E-state index in [2.05, 4.69) is 19.1 Å². The molecule has 4 nitrogen and oxygen atoms in total. The van der Waals surface area contributed by atoms with Gasteiger partial charge in [-0.2, -0.15) is 0 Å². The number of aliphatic hydroxyl groups excluding tert-OH is 2. The second kappa shape index (κ2) is 8.15. The van der Waals surface area contributed by atoms with Gasteiger partial charge in [-0.3, -0.25) is 0 Å². The first-order valence-corrected chi connectivity index (χ1v) is 6.74. The summed E-state index contributed by atoms with van der Waals surface area (Å²) in [5.74, 6) is 0.940. The van der Waals surface area contributed by atoms with Crippen LogP contribution in [0.25, 0.3) is 0 Å². The van der Waals surface area contributed by atoms with Gasteiger partial charge in [0.05, 0.1) is 19.8 Å². The van der Waals surface area contributed by atoms with Crippen LogP contribution in [0.15, 0.2) is 18.2 Å². The van der Waals surface area contributed by atoms with Crippen molar-refractivity contribution in [3.8, 4) is 5.75 Å². The molecular weight excluding hydrogens is 242 g/mol. The molecule has 1 rings (SSSR count). The van der Waals surface area contributed by atoms with Crippen molar-refractivity contribution < 1.29 is 14.9 Å². The highest BCUT2D eigenvalue weighted by Crippen LogP contribution is 2.20. The number of hydrogen-bond donors (Lipinski definition) is 2. The quantitative estimate of drug-likeness (QED) is 0.740. The normalized spacial score (nSPS) is 12.7. The Hall–Kier alpha value is -1.10.